The highest BCUT2D eigenvalue weighted by Crippen LogP contribution is 2.18. The molecule has 1 aromatic heterocycles. The Morgan fingerprint density at radius 2 is 1.83 bits per heavy atom. The van der Waals surface area contributed by atoms with E-state index in [0.29, 0.717) is 19.5 Å². The summed E-state index contributed by atoms with van der Waals surface area (Å²) in [6.07, 6.45) is 5.89. The summed E-state index contributed by atoms with van der Waals surface area (Å²) in [7, 11) is -3.98. The topological polar surface area (TPSA) is 84.3 Å². The minimum Gasteiger partial charge on any atom is -0.355 e. The van der Waals surface area contributed by atoms with Gasteiger partial charge in [-0.05, 0) is 36.2 Å². The molecule has 0 unspecified atom stereocenters. The predicted octanol–water partition coefficient (Wildman–Crippen LogP) is 2.42. The lowest BCUT2D eigenvalue weighted by molar-refractivity contribution is -0.121. The molecule has 0 fully saturated rings. The summed E-state index contributed by atoms with van der Waals surface area (Å²) in [6.45, 7) is 0.803. The van der Waals surface area contributed by atoms with Gasteiger partial charge in [0.25, 0.3) is 0 Å². The molecular weight excluding hydrogens is 407 g/mol. The Bertz CT molecular complexity index is 1040. The van der Waals surface area contributed by atoms with E-state index in [1.165, 1.54) is 12.1 Å². The number of aromatic nitrogens is 2. The number of imidazole rings is 1. The Balaban J connectivity index is 1.67. The highest BCUT2D eigenvalue weighted by molar-refractivity contribution is 7.89. The quantitative estimate of drug-likeness (QED) is 0.501. The van der Waals surface area contributed by atoms with Gasteiger partial charge in [0.1, 0.15) is 5.82 Å². The van der Waals surface area contributed by atoms with Crippen LogP contribution >= 0.6 is 0 Å². The van der Waals surface area contributed by atoms with Gasteiger partial charge in [0.15, 0.2) is 0 Å². The van der Waals surface area contributed by atoms with Crippen LogP contribution < -0.4 is 5.32 Å². The second kappa shape index (κ2) is 10.1. The molecule has 3 rings (SSSR count). The molecule has 0 aliphatic heterocycles. The summed E-state index contributed by atoms with van der Waals surface area (Å²) in [4.78, 5) is 16.3. The lowest BCUT2D eigenvalue weighted by Crippen LogP contribution is -2.40. The standard InChI is InChI=1S/C21H23FN4O3S/c22-19-7-9-20(10-8-19)30(28,29)26(15-18-5-2-1-3-6-18)16-21(27)24-11-4-13-25-14-12-23-17-25/h1-3,5-10,12,14,17H,4,11,13,15-16H2,(H,24,27). The van der Waals surface area contributed by atoms with Crippen LogP contribution in [-0.2, 0) is 27.9 Å². The molecule has 1 amide bonds. The second-order valence-corrected chi connectivity index (χ2v) is 8.65. The first-order valence-electron chi connectivity index (χ1n) is 9.47. The minimum absolute atomic E-state index is 0.0308. The highest BCUT2D eigenvalue weighted by atomic mass is 32.2. The van der Waals surface area contributed by atoms with Gasteiger partial charge < -0.3 is 9.88 Å². The molecule has 0 atom stereocenters. The fourth-order valence-corrected chi connectivity index (χ4v) is 4.28. The molecule has 2 aromatic carbocycles. The molecule has 30 heavy (non-hydrogen) atoms. The van der Waals surface area contributed by atoms with Crippen molar-refractivity contribution in [2.45, 2.75) is 24.4 Å². The molecule has 1 heterocycles. The van der Waals surface area contributed by atoms with Crippen molar-refractivity contribution in [3.05, 3.63) is 84.7 Å². The molecule has 0 saturated heterocycles. The summed E-state index contributed by atoms with van der Waals surface area (Å²) < 4.78 is 42.4. The van der Waals surface area contributed by atoms with Crippen molar-refractivity contribution in [3.63, 3.8) is 0 Å². The Kier molecular flexibility index (Phi) is 7.31. The van der Waals surface area contributed by atoms with E-state index in [4.69, 9.17) is 0 Å². The van der Waals surface area contributed by atoms with E-state index in [9.17, 15) is 17.6 Å². The predicted molar refractivity (Wildman–Crippen MR) is 110 cm³/mol. The third-order valence-electron chi connectivity index (χ3n) is 4.45. The third kappa shape index (κ3) is 5.98. The maximum atomic E-state index is 13.2. The zero-order valence-corrected chi connectivity index (χ0v) is 17.1. The number of amides is 1. The number of carbonyl (C=O) groups excluding carboxylic acids is 1. The SMILES string of the molecule is O=C(CN(Cc1ccccc1)S(=O)(=O)c1ccc(F)cc1)NCCCn1ccnc1. The first kappa shape index (κ1) is 21.7. The van der Waals surface area contributed by atoms with Crippen molar-refractivity contribution in [1.82, 2.24) is 19.2 Å². The van der Waals surface area contributed by atoms with Crippen LogP contribution in [0.1, 0.15) is 12.0 Å². The molecule has 0 aliphatic rings. The van der Waals surface area contributed by atoms with Crippen molar-refractivity contribution >= 4 is 15.9 Å². The first-order valence-corrected chi connectivity index (χ1v) is 10.9. The van der Waals surface area contributed by atoms with Crippen LogP contribution in [0.4, 0.5) is 4.39 Å². The van der Waals surface area contributed by atoms with Gasteiger partial charge in [-0.1, -0.05) is 30.3 Å². The molecule has 7 nitrogen and oxygen atoms in total. The number of halogens is 1. The lowest BCUT2D eigenvalue weighted by atomic mass is 10.2. The normalized spacial score (nSPS) is 11.5. The van der Waals surface area contributed by atoms with Gasteiger partial charge in [0, 0.05) is 32.0 Å². The van der Waals surface area contributed by atoms with Gasteiger partial charge in [0.05, 0.1) is 17.8 Å². The van der Waals surface area contributed by atoms with Gasteiger partial charge >= 0.3 is 0 Å². The summed E-state index contributed by atoms with van der Waals surface area (Å²) in [5.74, 6) is -0.929. The molecule has 0 radical (unpaired) electrons. The molecule has 3 aromatic rings. The van der Waals surface area contributed by atoms with Crippen molar-refractivity contribution < 1.29 is 17.6 Å². The number of sulfonamides is 1. The highest BCUT2D eigenvalue weighted by Gasteiger charge is 2.26. The van der Waals surface area contributed by atoms with E-state index >= 15 is 0 Å². The van der Waals surface area contributed by atoms with Crippen LogP contribution in [-0.4, -0.2) is 41.3 Å². The minimum atomic E-state index is -3.98. The fourth-order valence-electron chi connectivity index (χ4n) is 2.89. The molecule has 0 spiro atoms. The number of benzene rings is 2. The average Bonchev–Trinajstić information content (AvgIpc) is 3.25. The number of rotatable bonds is 10. The van der Waals surface area contributed by atoms with Crippen LogP contribution in [0.15, 0.2) is 78.2 Å². The van der Waals surface area contributed by atoms with E-state index in [1.807, 2.05) is 16.8 Å². The zero-order chi connectivity index (χ0) is 21.4. The summed E-state index contributed by atoms with van der Waals surface area (Å²) in [6, 6.07) is 13.6. The van der Waals surface area contributed by atoms with Gasteiger partial charge in [0.2, 0.25) is 15.9 Å². The number of nitrogens with zero attached hydrogens (tertiary/aromatic N) is 3. The summed E-state index contributed by atoms with van der Waals surface area (Å²) in [5.41, 5.74) is 0.746. The van der Waals surface area contributed by atoms with Crippen molar-refractivity contribution in [3.8, 4) is 0 Å². The summed E-state index contributed by atoms with van der Waals surface area (Å²) in [5, 5.41) is 2.76. The van der Waals surface area contributed by atoms with Crippen molar-refractivity contribution in [1.29, 1.82) is 0 Å². The van der Waals surface area contributed by atoms with Crippen LogP contribution in [0.3, 0.4) is 0 Å². The number of nitrogens with one attached hydrogen (secondary N) is 1. The Morgan fingerprint density at radius 1 is 1.10 bits per heavy atom. The van der Waals surface area contributed by atoms with Crippen LogP contribution in [0.25, 0.3) is 0 Å². The van der Waals surface area contributed by atoms with Gasteiger partial charge in [-0.2, -0.15) is 4.31 Å². The molecule has 158 valence electrons. The Hall–Kier alpha value is -3.04. The molecule has 0 bridgehead atoms. The average molecular weight is 431 g/mol. The van der Waals surface area contributed by atoms with Crippen LogP contribution in [0.2, 0.25) is 0 Å². The molecule has 0 aliphatic carbocycles. The number of aryl methyl sites for hydroxylation is 1. The zero-order valence-electron chi connectivity index (χ0n) is 16.3. The van der Waals surface area contributed by atoms with Crippen LogP contribution in [0.5, 0.6) is 0 Å². The van der Waals surface area contributed by atoms with Gasteiger partial charge in [-0.15, -0.1) is 0 Å². The molecule has 1 N–H and O–H groups in total. The Morgan fingerprint density at radius 3 is 2.50 bits per heavy atom. The molecule has 9 heteroatoms. The van der Waals surface area contributed by atoms with E-state index < -0.39 is 21.7 Å². The van der Waals surface area contributed by atoms with Gasteiger partial charge in [-0.25, -0.2) is 17.8 Å². The van der Waals surface area contributed by atoms with Crippen LogP contribution in [0, 0.1) is 5.82 Å². The number of hydrogen-bond acceptors (Lipinski definition) is 4. The summed E-state index contributed by atoms with van der Waals surface area (Å²) >= 11 is 0. The second-order valence-electron chi connectivity index (χ2n) is 6.72. The molecular formula is C21H23FN4O3S. The smallest absolute Gasteiger partial charge is 0.243 e. The van der Waals surface area contributed by atoms with Crippen molar-refractivity contribution in [2.24, 2.45) is 0 Å². The maximum Gasteiger partial charge on any atom is 0.243 e. The van der Waals surface area contributed by atoms with E-state index in [0.717, 1.165) is 22.0 Å². The van der Waals surface area contributed by atoms with E-state index in [1.54, 1.807) is 36.8 Å². The maximum absolute atomic E-state index is 13.2. The third-order valence-corrected chi connectivity index (χ3v) is 6.25. The largest absolute Gasteiger partial charge is 0.355 e. The fraction of sp³-hybridized carbons (Fsp3) is 0.238. The van der Waals surface area contributed by atoms with E-state index in [-0.39, 0.29) is 18.0 Å². The van der Waals surface area contributed by atoms with E-state index in [2.05, 4.69) is 10.3 Å². The lowest BCUT2D eigenvalue weighted by Gasteiger charge is -2.22. The number of hydrogen-bond donors (Lipinski definition) is 1. The van der Waals surface area contributed by atoms with Gasteiger partial charge in [-0.3, -0.25) is 4.79 Å². The number of carbonyl (C=O) groups is 1. The van der Waals surface area contributed by atoms with Crippen molar-refractivity contribution in [2.75, 3.05) is 13.1 Å². The molecule has 0 saturated carbocycles. The Labute approximate surface area is 175 Å². The first-order chi connectivity index (χ1) is 14.4. The monoisotopic (exact) mass is 430 g/mol.